The van der Waals surface area contributed by atoms with Gasteiger partial charge >= 0.3 is 0 Å². The van der Waals surface area contributed by atoms with Crippen LogP contribution in [0.15, 0.2) is 48.0 Å². The number of ketones is 2. The third-order valence-corrected chi connectivity index (χ3v) is 9.58. The Morgan fingerprint density at radius 3 is 1.97 bits per heavy atom. The summed E-state index contributed by atoms with van der Waals surface area (Å²) in [6.07, 6.45) is 1.59. The number of allylic oxidation sites excluding steroid dienone is 1. The van der Waals surface area contributed by atoms with E-state index in [4.69, 9.17) is 0 Å². The molecule has 0 saturated heterocycles. The molecular formula is C28H22F2N3O2P3. The van der Waals surface area contributed by atoms with Crippen molar-refractivity contribution in [2.75, 3.05) is 0 Å². The van der Waals surface area contributed by atoms with Crippen molar-refractivity contribution in [2.45, 2.75) is 13.5 Å². The van der Waals surface area contributed by atoms with Crippen molar-refractivity contribution in [3.05, 3.63) is 76.5 Å². The second-order valence-electron chi connectivity index (χ2n) is 9.22. The highest BCUT2D eigenvalue weighted by Crippen LogP contribution is 2.34. The first kappa shape index (κ1) is 25.2. The SMILES string of the molecule is CCn1c(C=C2C(=O)c3cc4ccccc4cc3C2=O)cc2c1nc(-c1c(F)c(P)c(P)c(P)c1F)n2C. The lowest BCUT2D eigenvalue weighted by Gasteiger charge is -2.13. The van der Waals surface area contributed by atoms with E-state index in [0.29, 0.717) is 39.8 Å². The van der Waals surface area contributed by atoms with Crippen LogP contribution in [0.3, 0.4) is 0 Å². The molecule has 1 aliphatic rings. The number of imidazole rings is 1. The fraction of sp³-hybridized carbons (Fsp3) is 0.107. The number of carbonyl (C=O) groups excluding carboxylic acids is 2. The molecule has 2 aromatic heterocycles. The maximum atomic E-state index is 15.2. The first-order valence-electron chi connectivity index (χ1n) is 11.9. The molecule has 0 fully saturated rings. The molecule has 38 heavy (non-hydrogen) atoms. The Bertz CT molecular complexity index is 1830. The van der Waals surface area contributed by atoms with Crippen LogP contribution in [-0.4, -0.2) is 25.7 Å². The number of rotatable bonds is 3. The lowest BCUT2D eigenvalue weighted by Crippen LogP contribution is -2.31. The number of aryl methyl sites for hydroxylation is 2. The largest absolute Gasteiger partial charge is 0.326 e. The summed E-state index contributed by atoms with van der Waals surface area (Å²) in [5.74, 6) is -1.88. The van der Waals surface area contributed by atoms with Crippen molar-refractivity contribution >= 4 is 83.2 Å². The van der Waals surface area contributed by atoms with Gasteiger partial charge < -0.3 is 9.13 Å². The van der Waals surface area contributed by atoms with E-state index >= 15 is 8.78 Å². The van der Waals surface area contributed by atoms with E-state index in [1.807, 2.05) is 35.8 Å². The number of hydrogen-bond acceptors (Lipinski definition) is 3. The molecule has 0 N–H and O–H groups in total. The summed E-state index contributed by atoms with van der Waals surface area (Å²) in [7, 11) is 8.67. The van der Waals surface area contributed by atoms with Crippen molar-refractivity contribution in [2.24, 2.45) is 7.05 Å². The molecule has 2 heterocycles. The first-order valence-corrected chi connectivity index (χ1v) is 13.6. The average molecular weight is 563 g/mol. The number of nitrogens with zero attached hydrogens (tertiary/aromatic N) is 3. The number of Topliss-reactive ketones (excluding diaryl/α,β-unsaturated/α-hetero) is 2. The summed E-state index contributed by atoms with van der Waals surface area (Å²) in [6, 6.07) is 12.9. The molecule has 0 radical (unpaired) electrons. The van der Waals surface area contributed by atoms with Crippen molar-refractivity contribution in [3.63, 3.8) is 0 Å². The Morgan fingerprint density at radius 2 is 1.45 bits per heavy atom. The van der Waals surface area contributed by atoms with E-state index in [2.05, 4.69) is 32.7 Å². The molecule has 0 bridgehead atoms. The van der Waals surface area contributed by atoms with Crippen molar-refractivity contribution in [3.8, 4) is 11.4 Å². The highest BCUT2D eigenvalue weighted by atomic mass is 31.0. The van der Waals surface area contributed by atoms with Crippen molar-refractivity contribution in [1.82, 2.24) is 14.1 Å². The molecule has 0 spiro atoms. The van der Waals surface area contributed by atoms with Gasteiger partial charge in [0, 0.05) is 41.0 Å². The van der Waals surface area contributed by atoms with E-state index < -0.39 is 11.6 Å². The van der Waals surface area contributed by atoms with Gasteiger partial charge in [0.05, 0.1) is 16.7 Å². The van der Waals surface area contributed by atoms with E-state index in [0.717, 1.165) is 10.8 Å². The standard InChI is InChI=1S/C28H22F2N3O2P3/c1-3-33-14(10-17-22(34)15-8-12-6-4-5-7-13(12)9-16(15)23(17)35)11-18-27(33)31-28(32(18)2)19-20(29)24(36)26(38)25(37)21(19)30/h4-11H,3,36-38H2,1-2H3. The van der Waals surface area contributed by atoms with Crippen LogP contribution in [0.25, 0.3) is 39.4 Å². The summed E-state index contributed by atoms with van der Waals surface area (Å²) < 4.78 is 33.9. The monoisotopic (exact) mass is 563 g/mol. The molecule has 6 rings (SSSR count). The Kier molecular flexibility index (Phi) is 5.96. The maximum Gasteiger partial charge on any atom is 0.197 e. The minimum atomic E-state index is -0.697. The van der Waals surface area contributed by atoms with E-state index in [1.165, 1.54) is 0 Å². The minimum absolute atomic E-state index is 0.0847. The second-order valence-corrected chi connectivity index (χ2v) is 11.0. The second kappa shape index (κ2) is 8.99. The molecule has 1 aliphatic carbocycles. The molecule has 5 aromatic rings. The fourth-order valence-electron chi connectivity index (χ4n) is 5.10. The molecule has 0 saturated carbocycles. The molecule has 0 amide bonds. The summed E-state index contributed by atoms with van der Waals surface area (Å²) in [5, 5.41) is 2.70. The zero-order chi connectivity index (χ0) is 27.0. The van der Waals surface area contributed by atoms with Gasteiger partial charge in [-0.3, -0.25) is 9.59 Å². The normalized spacial score (nSPS) is 13.3. The van der Waals surface area contributed by atoms with Gasteiger partial charge in [0.15, 0.2) is 17.2 Å². The van der Waals surface area contributed by atoms with Gasteiger partial charge in [-0.25, -0.2) is 13.8 Å². The third-order valence-electron chi connectivity index (χ3n) is 7.16. The number of carbonyl (C=O) groups is 2. The van der Waals surface area contributed by atoms with Gasteiger partial charge in [0.25, 0.3) is 0 Å². The molecule has 5 nitrogen and oxygen atoms in total. The van der Waals surface area contributed by atoms with Crippen LogP contribution in [0.4, 0.5) is 8.78 Å². The summed E-state index contributed by atoms with van der Waals surface area (Å²) in [5.41, 5.74) is 2.40. The van der Waals surface area contributed by atoms with Gasteiger partial charge in [-0.05, 0) is 47.3 Å². The van der Waals surface area contributed by atoms with E-state index in [9.17, 15) is 9.59 Å². The van der Waals surface area contributed by atoms with Gasteiger partial charge in [-0.1, -0.05) is 24.3 Å². The molecule has 3 atom stereocenters. The average Bonchev–Trinajstić information content (AvgIpc) is 3.50. The lowest BCUT2D eigenvalue weighted by atomic mass is 10.0. The number of hydrogen-bond donors (Lipinski definition) is 0. The van der Waals surface area contributed by atoms with Crippen LogP contribution in [0.1, 0.15) is 33.3 Å². The summed E-state index contributed by atoms with van der Waals surface area (Å²) in [4.78, 5) is 31.2. The van der Waals surface area contributed by atoms with Gasteiger partial charge in [0.1, 0.15) is 17.5 Å². The molecule has 0 aliphatic heterocycles. The zero-order valence-electron chi connectivity index (χ0n) is 20.5. The van der Waals surface area contributed by atoms with Crippen LogP contribution in [0.2, 0.25) is 0 Å². The predicted octanol–water partition coefficient (Wildman–Crippen LogP) is 4.46. The lowest BCUT2D eigenvalue weighted by molar-refractivity contribution is 0.0990. The Morgan fingerprint density at radius 1 is 0.895 bits per heavy atom. The molecular weight excluding hydrogens is 541 g/mol. The topological polar surface area (TPSA) is 56.9 Å². The zero-order valence-corrected chi connectivity index (χ0v) is 23.9. The fourth-order valence-corrected chi connectivity index (χ4v) is 6.12. The highest BCUT2D eigenvalue weighted by molar-refractivity contribution is 7.40. The number of aromatic nitrogens is 3. The molecule has 3 unspecified atom stereocenters. The Balaban J connectivity index is 1.50. The van der Waals surface area contributed by atoms with Crippen molar-refractivity contribution < 1.29 is 18.4 Å². The van der Waals surface area contributed by atoms with Crippen LogP contribution in [-0.2, 0) is 13.6 Å². The van der Waals surface area contributed by atoms with Crippen LogP contribution < -0.4 is 15.9 Å². The van der Waals surface area contributed by atoms with Crippen LogP contribution in [0.5, 0.6) is 0 Å². The predicted molar refractivity (Wildman–Crippen MR) is 158 cm³/mol. The van der Waals surface area contributed by atoms with E-state index in [-0.39, 0.29) is 39.1 Å². The number of halogens is 2. The minimum Gasteiger partial charge on any atom is -0.326 e. The molecule has 190 valence electrons. The maximum absolute atomic E-state index is 15.2. The van der Waals surface area contributed by atoms with Gasteiger partial charge in [-0.2, -0.15) is 0 Å². The molecule has 10 heteroatoms. The smallest absolute Gasteiger partial charge is 0.197 e. The highest BCUT2D eigenvalue weighted by Gasteiger charge is 2.34. The van der Waals surface area contributed by atoms with Crippen molar-refractivity contribution in [1.29, 1.82) is 0 Å². The number of benzene rings is 3. The summed E-state index contributed by atoms with van der Waals surface area (Å²) >= 11 is 0. The molecule has 3 aromatic carbocycles. The Hall–Kier alpha value is -3.10. The summed E-state index contributed by atoms with van der Waals surface area (Å²) in [6.45, 7) is 2.37. The Labute approximate surface area is 223 Å². The number of fused-ring (bicyclic) bond motifs is 3. The first-order chi connectivity index (χ1) is 18.1. The van der Waals surface area contributed by atoms with Gasteiger partial charge in [0.2, 0.25) is 0 Å². The quantitative estimate of drug-likeness (QED) is 0.185. The van der Waals surface area contributed by atoms with Crippen LogP contribution in [0, 0.1) is 11.6 Å². The van der Waals surface area contributed by atoms with Crippen LogP contribution >= 0.6 is 27.7 Å². The van der Waals surface area contributed by atoms with Gasteiger partial charge in [-0.15, -0.1) is 27.7 Å². The third kappa shape index (κ3) is 3.49. The van der Waals surface area contributed by atoms with E-state index in [1.54, 1.807) is 35.9 Å².